The molecule has 3 heteroatoms. The number of hydrogen-bond donors (Lipinski definition) is 1. The molecule has 0 bridgehead atoms. The topological polar surface area (TPSA) is 38.3 Å². The van der Waals surface area contributed by atoms with Crippen LogP contribution < -0.4 is 10.1 Å². The van der Waals surface area contributed by atoms with E-state index in [2.05, 4.69) is 18.0 Å². The highest BCUT2D eigenvalue weighted by molar-refractivity contribution is 5.89. The van der Waals surface area contributed by atoms with Crippen molar-refractivity contribution < 1.29 is 9.53 Å². The number of rotatable bonds is 2. The van der Waals surface area contributed by atoms with E-state index in [1.54, 1.807) is 0 Å². The smallest absolute Gasteiger partial charge is 0.221 e. The SMILES string of the molecule is C=CC1=Cc2ccc(NC(C)=O)cc2OC1(C)C. The maximum Gasteiger partial charge on any atom is 0.221 e. The average molecular weight is 243 g/mol. The number of carbonyl (C=O) groups excluding carboxylic acids is 1. The number of anilines is 1. The minimum atomic E-state index is -0.399. The summed E-state index contributed by atoms with van der Waals surface area (Å²) in [5, 5.41) is 2.75. The van der Waals surface area contributed by atoms with Crippen molar-refractivity contribution >= 4 is 17.7 Å². The molecule has 1 aliphatic rings. The molecule has 1 amide bonds. The van der Waals surface area contributed by atoms with Gasteiger partial charge in [0.25, 0.3) is 0 Å². The van der Waals surface area contributed by atoms with Crippen molar-refractivity contribution in [3.05, 3.63) is 42.0 Å². The molecular weight excluding hydrogens is 226 g/mol. The zero-order chi connectivity index (χ0) is 13.3. The van der Waals surface area contributed by atoms with Gasteiger partial charge in [-0.15, -0.1) is 0 Å². The Balaban J connectivity index is 2.42. The van der Waals surface area contributed by atoms with Gasteiger partial charge in [0.15, 0.2) is 0 Å². The number of nitrogens with one attached hydrogen (secondary N) is 1. The molecule has 2 rings (SSSR count). The second-order valence-electron chi connectivity index (χ2n) is 4.85. The van der Waals surface area contributed by atoms with Crippen LogP contribution in [0.25, 0.3) is 6.08 Å². The summed E-state index contributed by atoms with van der Waals surface area (Å²) < 4.78 is 5.95. The Morgan fingerprint density at radius 1 is 1.44 bits per heavy atom. The van der Waals surface area contributed by atoms with Gasteiger partial charge in [-0.1, -0.05) is 12.7 Å². The highest BCUT2D eigenvalue weighted by Gasteiger charge is 2.28. The summed E-state index contributed by atoms with van der Waals surface area (Å²) in [4.78, 5) is 11.0. The Morgan fingerprint density at radius 2 is 2.17 bits per heavy atom. The fourth-order valence-electron chi connectivity index (χ4n) is 2.00. The summed E-state index contributed by atoms with van der Waals surface area (Å²) in [7, 11) is 0. The highest BCUT2D eigenvalue weighted by Crippen LogP contribution is 2.37. The monoisotopic (exact) mass is 243 g/mol. The third kappa shape index (κ3) is 2.30. The summed E-state index contributed by atoms with van der Waals surface area (Å²) in [5.74, 6) is 0.684. The van der Waals surface area contributed by atoms with Gasteiger partial charge in [0.2, 0.25) is 5.91 Å². The van der Waals surface area contributed by atoms with Gasteiger partial charge in [0, 0.05) is 24.2 Å². The molecule has 1 aromatic rings. The van der Waals surface area contributed by atoms with Crippen molar-refractivity contribution in [1.29, 1.82) is 0 Å². The molecular formula is C15H17NO2. The molecule has 0 atom stereocenters. The van der Waals surface area contributed by atoms with E-state index in [0.29, 0.717) is 0 Å². The van der Waals surface area contributed by atoms with Crippen LogP contribution in [-0.2, 0) is 4.79 Å². The second kappa shape index (κ2) is 4.33. The van der Waals surface area contributed by atoms with Crippen LogP contribution in [0.2, 0.25) is 0 Å². The first-order chi connectivity index (χ1) is 8.42. The van der Waals surface area contributed by atoms with Gasteiger partial charge in [-0.2, -0.15) is 0 Å². The van der Waals surface area contributed by atoms with Crippen LogP contribution in [0.4, 0.5) is 5.69 Å². The van der Waals surface area contributed by atoms with E-state index in [9.17, 15) is 4.79 Å². The molecule has 1 heterocycles. The Hall–Kier alpha value is -2.03. The van der Waals surface area contributed by atoms with Gasteiger partial charge < -0.3 is 10.1 Å². The van der Waals surface area contributed by atoms with Gasteiger partial charge in [-0.3, -0.25) is 4.79 Å². The standard InChI is InChI=1S/C15H17NO2/c1-5-12-8-11-6-7-13(16-10(2)17)9-14(11)18-15(12,3)4/h5-9H,1H2,2-4H3,(H,16,17). The maximum atomic E-state index is 11.0. The summed E-state index contributed by atoms with van der Waals surface area (Å²) in [5.41, 5.74) is 2.39. The van der Waals surface area contributed by atoms with Gasteiger partial charge >= 0.3 is 0 Å². The third-order valence-corrected chi connectivity index (χ3v) is 2.93. The Kier molecular flexibility index (Phi) is 2.99. The van der Waals surface area contributed by atoms with Gasteiger partial charge in [0.1, 0.15) is 11.4 Å². The molecule has 0 saturated heterocycles. The molecule has 18 heavy (non-hydrogen) atoms. The van der Waals surface area contributed by atoms with Crippen LogP contribution in [0.1, 0.15) is 26.3 Å². The fourth-order valence-corrected chi connectivity index (χ4v) is 2.00. The number of fused-ring (bicyclic) bond motifs is 1. The van der Waals surface area contributed by atoms with Crippen LogP contribution in [0.3, 0.4) is 0 Å². The van der Waals surface area contributed by atoms with Crippen LogP contribution >= 0.6 is 0 Å². The lowest BCUT2D eigenvalue weighted by molar-refractivity contribution is -0.114. The lowest BCUT2D eigenvalue weighted by atomic mass is 9.92. The largest absolute Gasteiger partial charge is 0.482 e. The zero-order valence-corrected chi connectivity index (χ0v) is 10.9. The average Bonchev–Trinajstić information content (AvgIpc) is 2.26. The lowest BCUT2D eigenvalue weighted by Crippen LogP contribution is -2.32. The van der Waals surface area contributed by atoms with Crippen molar-refractivity contribution in [2.75, 3.05) is 5.32 Å². The van der Waals surface area contributed by atoms with Crippen molar-refractivity contribution in [3.8, 4) is 5.75 Å². The molecule has 1 aliphatic heterocycles. The van der Waals surface area contributed by atoms with Crippen molar-refractivity contribution in [1.82, 2.24) is 0 Å². The molecule has 0 saturated carbocycles. The number of carbonyl (C=O) groups is 1. The molecule has 1 aromatic carbocycles. The molecule has 0 fully saturated rings. The predicted octanol–water partition coefficient (Wildman–Crippen LogP) is 3.39. The quantitative estimate of drug-likeness (QED) is 0.864. The van der Waals surface area contributed by atoms with E-state index in [4.69, 9.17) is 4.74 Å². The van der Waals surface area contributed by atoms with E-state index in [0.717, 1.165) is 22.6 Å². The molecule has 0 spiro atoms. The van der Waals surface area contributed by atoms with E-state index in [1.165, 1.54) is 6.92 Å². The van der Waals surface area contributed by atoms with Crippen molar-refractivity contribution in [2.24, 2.45) is 0 Å². The molecule has 3 nitrogen and oxygen atoms in total. The number of benzene rings is 1. The maximum absolute atomic E-state index is 11.0. The predicted molar refractivity (Wildman–Crippen MR) is 73.6 cm³/mol. The molecule has 94 valence electrons. The van der Waals surface area contributed by atoms with E-state index >= 15 is 0 Å². The van der Waals surface area contributed by atoms with Crippen LogP contribution in [-0.4, -0.2) is 11.5 Å². The first-order valence-electron chi connectivity index (χ1n) is 5.87. The number of amides is 1. The molecule has 0 unspecified atom stereocenters. The first kappa shape index (κ1) is 12.4. The van der Waals surface area contributed by atoms with E-state index in [1.807, 2.05) is 38.1 Å². The Bertz CT molecular complexity index is 541. The van der Waals surface area contributed by atoms with E-state index < -0.39 is 5.60 Å². The van der Waals surface area contributed by atoms with E-state index in [-0.39, 0.29) is 5.91 Å². The second-order valence-corrected chi connectivity index (χ2v) is 4.85. The Labute approximate surface area is 107 Å². The zero-order valence-electron chi connectivity index (χ0n) is 10.9. The number of ether oxygens (including phenoxy) is 1. The van der Waals surface area contributed by atoms with Gasteiger partial charge in [-0.05, 0) is 37.6 Å². The van der Waals surface area contributed by atoms with Gasteiger partial charge in [-0.25, -0.2) is 0 Å². The summed E-state index contributed by atoms with van der Waals surface area (Å²) >= 11 is 0. The van der Waals surface area contributed by atoms with Crippen LogP contribution in [0.15, 0.2) is 36.4 Å². The molecule has 0 radical (unpaired) electrons. The minimum Gasteiger partial charge on any atom is -0.482 e. The first-order valence-corrected chi connectivity index (χ1v) is 5.87. The fraction of sp³-hybridized carbons (Fsp3) is 0.267. The molecule has 0 aliphatic carbocycles. The summed E-state index contributed by atoms with van der Waals surface area (Å²) in [6.07, 6.45) is 3.87. The van der Waals surface area contributed by atoms with Gasteiger partial charge in [0.05, 0.1) is 0 Å². The minimum absolute atomic E-state index is 0.0904. The van der Waals surface area contributed by atoms with Crippen LogP contribution in [0, 0.1) is 0 Å². The number of hydrogen-bond acceptors (Lipinski definition) is 2. The Morgan fingerprint density at radius 3 is 2.78 bits per heavy atom. The normalized spacial score (nSPS) is 16.1. The molecule has 1 N–H and O–H groups in total. The van der Waals surface area contributed by atoms with Crippen molar-refractivity contribution in [3.63, 3.8) is 0 Å². The van der Waals surface area contributed by atoms with Crippen molar-refractivity contribution in [2.45, 2.75) is 26.4 Å². The lowest BCUT2D eigenvalue weighted by Gasteiger charge is -2.32. The highest BCUT2D eigenvalue weighted by atomic mass is 16.5. The molecule has 0 aromatic heterocycles. The third-order valence-electron chi connectivity index (χ3n) is 2.93. The summed E-state index contributed by atoms with van der Waals surface area (Å²) in [6.45, 7) is 9.28. The van der Waals surface area contributed by atoms with Crippen LogP contribution in [0.5, 0.6) is 5.75 Å². The summed E-state index contributed by atoms with van der Waals surface area (Å²) in [6, 6.07) is 5.63.